The molecule has 0 unspecified atom stereocenters. The third kappa shape index (κ3) is 4.99. The number of alkyl halides is 3. The van der Waals surface area contributed by atoms with Gasteiger partial charge in [0.05, 0.1) is 11.8 Å². The summed E-state index contributed by atoms with van der Waals surface area (Å²) >= 11 is 0. The van der Waals surface area contributed by atoms with Gasteiger partial charge in [-0.1, -0.05) is 6.08 Å². The molecule has 2 atom stereocenters. The molecule has 1 aliphatic heterocycles. The summed E-state index contributed by atoms with van der Waals surface area (Å²) in [6, 6.07) is 4.89. The number of carbonyl (C=O) groups is 3. The number of nitrogens with one attached hydrogen (secondary N) is 2. The molecular weight excluding hydrogens is 367 g/mol. The van der Waals surface area contributed by atoms with E-state index in [-0.39, 0.29) is 18.1 Å². The van der Waals surface area contributed by atoms with Gasteiger partial charge in [0.25, 0.3) is 5.91 Å². The largest absolute Gasteiger partial charge is 0.481 e. The van der Waals surface area contributed by atoms with E-state index < -0.39 is 43.1 Å². The summed E-state index contributed by atoms with van der Waals surface area (Å²) in [5.41, 5.74) is 0.599. The highest BCUT2D eigenvalue weighted by molar-refractivity contribution is 5.95. The Bertz CT molecular complexity index is 734. The van der Waals surface area contributed by atoms with Gasteiger partial charge in [-0.3, -0.25) is 9.59 Å². The number of aliphatic carboxylic acids is 1. The number of rotatable bonds is 5. The maximum absolute atomic E-state index is 13.0. The van der Waals surface area contributed by atoms with Crippen molar-refractivity contribution in [3.05, 3.63) is 42.5 Å². The molecule has 146 valence electrons. The first-order valence-corrected chi connectivity index (χ1v) is 7.98. The Labute approximate surface area is 152 Å². The van der Waals surface area contributed by atoms with E-state index in [1.807, 2.05) is 0 Å². The van der Waals surface area contributed by atoms with Gasteiger partial charge in [0.2, 0.25) is 0 Å². The van der Waals surface area contributed by atoms with Crippen molar-refractivity contribution in [3.8, 4) is 0 Å². The van der Waals surface area contributed by atoms with Crippen LogP contribution in [0.3, 0.4) is 0 Å². The summed E-state index contributed by atoms with van der Waals surface area (Å²) in [4.78, 5) is 35.8. The molecule has 3 N–H and O–H groups in total. The van der Waals surface area contributed by atoms with Gasteiger partial charge in [-0.15, -0.1) is 6.58 Å². The molecule has 27 heavy (non-hydrogen) atoms. The molecule has 1 heterocycles. The van der Waals surface area contributed by atoms with Crippen molar-refractivity contribution in [1.82, 2.24) is 10.2 Å². The second-order valence-corrected chi connectivity index (χ2v) is 6.00. The zero-order valence-corrected chi connectivity index (χ0v) is 14.1. The van der Waals surface area contributed by atoms with Gasteiger partial charge < -0.3 is 20.6 Å². The van der Waals surface area contributed by atoms with E-state index in [1.165, 1.54) is 30.3 Å². The van der Waals surface area contributed by atoms with Crippen molar-refractivity contribution < 1.29 is 32.7 Å². The molecule has 1 aromatic carbocycles. The lowest BCUT2D eigenvalue weighted by atomic mass is 9.96. The number of anilines is 1. The number of amides is 3. The third-order valence-corrected chi connectivity index (χ3v) is 4.15. The summed E-state index contributed by atoms with van der Waals surface area (Å²) in [6.07, 6.45) is -3.19. The Morgan fingerprint density at radius 3 is 2.33 bits per heavy atom. The predicted molar refractivity (Wildman–Crippen MR) is 90.2 cm³/mol. The molecule has 1 aromatic rings. The van der Waals surface area contributed by atoms with Crippen molar-refractivity contribution in [3.63, 3.8) is 0 Å². The quantitative estimate of drug-likeness (QED) is 0.678. The van der Waals surface area contributed by atoms with Gasteiger partial charge in [0.15, 0.2) is 0 Å². The van der Waals surface area contributed by atoms with Crippen LogP contribution in [0.5, 0.6) is 0 Å². The molecule has 2 rings (SSSR count). The summed E-state index contributed by atoms with van der Waals surface area (Å²) in [7, 11) is 0. The molecule has 0 spiro atoms. The topological polar surface area (TPSA) is 98.7 Å². The minimum atomic E-state index is -4.71. The molecule has 0 radical (unpaired) electrons. The number of carboxylic acid groups (broad SMARTS) is 1. The fraction of sp³-hybridized carbons (Fsp3) is 0.353. The minimum absolute atomic E-state index is 0.266. The average molecular weight is 385 g/mol. The summed E-state index contributed by atoms with van der Waals surface area (Å²) < 4.78 is 38.9. The van der Waals surface area contributed by atoms with Crippen molar-refractivity contribution in [2.24, 2.45) is 11.8 Å². The van der Waals surface area contributed by atoms with Crippen LogP contribution >= 0.6 is 0 Å². The number of urea groups is 1. The van der Waals surface area contributed by atoms with Crippen LogP contribution in [0.25, 0.3) is 0 Å². The highest BCUT2D eigenvalue weighted by Gasteiger charge is 2.53. The third-order valence-electron chi connectivity index (χ3n) is 4.15. The summed E-state index contributed by atoms with van der Waals surface area (Å²) in [6.45, 7) is 2.50. The summed E-state index contributed by atoms with van der Waals surface area (Å²) in [5, 5.41) is 14.0. The normalized spacial score (nSPS) is 19.4. The highest BCUT2D eigenvalue weighted by Crippen LogP contribution is 2.37. The number of hydrogen-bond acceptors (Lipinski definition) is 3. The van der Waals surface area contributed by atoms with E-state index >= 15 is 0 Å². The van der Waals surface area contributed by atoms with Crippen LogP contribution in [0.4, 0.5) is 23.7 Å². The van der Waals surface area contributed by atoms with Crippen LogP contribution in [0.15, 0.2) is 36.9 Å². The van der Waals surface area contributed by atoms with E-state index in [2.05, 4.69) is 17.2 Å². The predicted octanol–water partition coefficient (Wildman–Crippen LogP) is 2.33. The maximum Gasteiger partial charge on any atom is 0.394 e. The second kappa shape index (κ2) is 8.11. The molecule has 0 aromatic heterocycles. The number of carbonyl (C=O) groups excluding carboxylic acids is 2. The van der Waals surface area contributed by atoms with E-state index in [9.17, 15) is 27.6 Å². The van der Waals surface area contributed by atoms with Gasteiger partial charge in [0.1, 0.15) is 0 Å². The lowest BCUT2D eigenvalue weighted by Crippen LogP contribution is -2.35. The molecule has 0 bridgehead atoms. The van der Waals surface area contributed by atoms with Crippen LogP contribution in [0.1, 0.15) is 10.4 Å². The SMILES string of the molecule is C=CCNC(=O)c1ccc(NC(=O)N2C[C@@H](C(F)(F)F)[C@H](C(=O)O)C2)cc1. The molecule has 1 saturated heterocycles. The first-order chi connectivity index (χ1) is 12.6. The van der Waals surface area contributed by atoms with Gasteiger partial charge in [-0.2, -0.15) is 13.2 Å². The molecule has 1 aliphatic rings. The second-order valence-electron chi connectivity index (χ2n) is 6.00. The molecule has 10 heteroatoms. The van der Waals surface area contributed by atoms with Crippen LogP contribution in [0.2, 0.25) is 0 Å². The van der Waals surface area contributed by atoms with Crippen molar-refractivity contribution >= 4 is 23.6 Å². The monoisotopic (exact) mass is 385 g/mol. The number of likely N-dealkylation sites (tertiary alicyclic amines) is 1. The standard InChI is InChI=1S/C17H18F3N3O4/c1-2-7-21-14(24)10-3-5-11(6-4-10)22-16(27)23-8-12(15(25)26)13(9-23)17(18,19)20/h2-6,12-13H,1,7-9H2,(H,21,24)(H,22,27)(H,25,26)/t12-,13-/m1/s1. The molecule has 1 fully saturated rings. The number of hydrogen-bond donors (Lipinski definition) is 3. The lowest BCUT2D eigenvalue weighted by molar-refractivity contribution is -0.187. The van der Waals surface area contributed by atoms with Gasteiger partial charge >= 0.3 is 18.2 Å². The Balaban J connectivity index is 2.02. The molecule has 0 saturated carbocycles. The van der Waals surface area contributed by atoms with E-state index in [4.69, 9.17) is 5.11 Å². The molecule has 3 amide bonds. The van der Waals surface area contributed by atoms with Crippen molar-refractivity contribution in [1.29, 1.82) is 0 Å². The molecular formula is C17H18F3N3O4. The molecule has 0 aliphatic carbocycles. The highest BCUT2D eigenvalue weighted by atomic mass is 19.4. The Kier molecular flexibility index (Phi) is 6.09. The Hall–Kier alpha value is -3.04. The molecule has 7 nitrogen and oxygen atoms in total. The smallest absolute Gasteiger partial charge is 0.394 e. The Morgan fingerprint density at radius 1 is 1.22 bits per heavy atom. The van der Waals surface area contributed by atoms with E-state index in [0.717, 1.165) is 4.90 Å². The van der Waals surface area contributed by atoms with E-state index in [1.54, 1.807) is 0 Å². The zero-order chi connectivity index (χ0) is 20.2. The number of nitrogens with zero attached hydrogens (tertiary/aromatic N) is 1. The minimum Gasteiger partial charge on any atom is -0.481 e. The van der Waals surface area contributed by atoms with Crippen LogP contribution < -0.4 is 10.6 Å². The van der Waals surface area contributed by atoms with Crippen LogP contribution in [-0.4, -0.2) is 53.7 Å². The van der Waals surface area contributed by atoms with Gasteiger partial charge in [-0.05, 0) is 24.3 Å². The Morgan fingerprint density at radius 2 is 1.85 bits per heavy atom. The fourth-order valence-corrected chi connectivity index (χ4v) is 2.73. The first kappa shape index (κ1) is 20.3. The first-order valence-electron chi connectivity index (χ1n) is 7.98. The van der Waals surface area contributed by atoms with Gasteiger partial charge in [-0.25, -0.2) is 4.79 Å². The number of carboxylic acids is 1. The van der Waals surface area contributed by atoms with Crippen LogP contribution in [-0.2, 0) is 4.79 Å². The zero-order valence-electron chi connectivity index (χ0n) is 14.1. The fourth-order valence-electron chi connectivity index (χ4n) is 2.73. The summed E-state index contributed by atoms with van der Waals surface area (Å²) in [5.74, 6) is -5.75. The number of benzene rings is 1. The lowest BCUT2D eigenvalue weighted by Gasteiger charge is -2.18. The van der Waals surface area contributed by atoms with Crippen molar-refractivity contribution in [2.75, 3.05) is 25.0 Å². The average Bonchev–Trinajstić information content (AvgIpc) is 3.06. The van der Waals surface area contributed by atoms with Crippen LogP contribution in [0, 0.1) is 11.8 Å². The van der Waals surface area contributed by atoms with E-state index in [0.29, 0.717) is 5.56 Å². The van der Waals surface area contributed by atoms with Gasteiger partial charge in [0, 0.05) is 30.9 Å². The number of halogens is 3. The van der Waals surface area contributed by atoms with Crippen molar-refractivity contribution in [2.45, 2.75) is 6.18 Å². The maximum atomic E-state index is 13.0.